The summed E-state index contributed by atoms with van der Waals surface area (Å²) in [5, 5.41) is 4.22. The van der Waals surface area contributed by atoms with E-state index in [2.05, 4.69) is 30.1 Å². The van der Waals surface area contributed by atoms with Gasteiger partial charge in [-0.2, -0.15) is 9.97 Å². The van der Waals surface area contributed by atoms with Gasteiger partial charge in [0.05, 0.1) is 16.6 Å². The first kappa shape index (κ1) is 25.0. The molecule has 0 spiro atoms. The van der Waals surface area contributed by atoms with Gasteiger partial charge in [0.2, 0.25) is 0 Å². The van der Waals surface area contributed by atoms with Gasteiger partial charge in [-0.3, -0.25) is 14.9 Å². The Hall–Kier alpha value is -2.98. The van der Waals surface area contributed by atoms with Crippen LogP contribution in [0.15, 0.2) is 24.5 Å². The molecule has 0 aliphatic carbocycles. The van der Waals surface area contributed by atoms with Crippen molar-refractivity contribution >= 4 is 16.7 Å². The minimum atomic E-state index is -0.848. The number of nitrogens with one attached hydrogen (secondary N) is 1. The molecular formula is C29H35F2N7O. The summed E-state index contributed by atoms with van der Waals surface area (Å²) < 4.78 is 37.0. The molecule has 39 heavy (non-hydrogen) atoms. The van der Waals surface area contributed by atoms with Crippen LogP contribution < -0.4 is 15.0 Å². The quantitative estimate of drug-likeness (QED) is 0.502. The number of aromatic nitrogens is 4. The van der Waals surface area contributed by atoms with E-state index in [4.69, 9.17) is 9.72 Å². The largest absolute Gasteiger partial charge is 0.461 e. The summed E-state index contributed by atoms with van der Waals surface area (Å²) in [6.07, 6.45) is 7.16. The van der Waals surface area contributed by atoms with Crippen molar-refractivity contribution in [3.63, 3.8) is 0 Å². The number of alkyl halides is 1. The molecule has 4 saturated heterocycles. The first-order valence-corrected chi connectivity index (χ1v) is 14.2. The predicted molar refractivity (Wildman–Crippen MR) is 145 cm³/mol. The van der Waals surface area contributed by atoms with Gasteiger partial charge in [0.1, 0.15) is 29.8 Å². The fourth-order valence-corrected chi connectivity index (χ4v) is 7.21. The zero-order chi connectivity index (χ0) is 26.7. The fraction of sp³-hybridized carbons (Fsp3) is 0.586. The molecule has 7 heterocycles. The highest BCUT2D eigenvalue weighted by Crippen LogP contribution is 2.41. The number of halogens is 2. The molecule has 3 aromatic rings. The number of hydrogen-bond acceptors (Lipinski definition) is 8. The molecular weight excluding hydrogens is 500 g/mol. The highest BCUT2D eigenvalue weighted by atomic mass is 19.1. The summed E-state index contributed by atoms with van der Waals surface area (Å²) in [5.74, 6) is 0.255. The van der Waals surface area contributed by atoms with E-state index in [-0.39, 0.29) is 28.7 Å². The molecule has 0 saturated carbocycles. The molecule has 0 unspecified atom stereocenters. The summed E-state index contributed by atoms with van der Waals surface area (Å²) in [6.45, 7) is 7.26. The molecule has 10 heteroatoms. The van der Waals surface area contributed by atoms with E-state index < -0.39 is 12.0 Å². The number of piperazine rings is 1. The van der Waals surface area contributed by atoms with Crippen LogP contribution in [0.25, 0.3) is 22.2 Å². The topological polar surface area (TPSA) is 79.3 Å². The van der Waals surface area contributed by atoms with E-state index in [1.807, 2.05) is 19.9 Å². The first-order valence-electron chi connectivity index (χ1n) is 14.2. The lowest BCUT2D eigenvalue weighted by molar-refractivity contribution is 0.107. The van der Waals surface area contributed by atoms with Crippen molar-refractivity contribution in [2.45, 2.75) is 75.7 Å². The second-order valence-corrected chi connectivity index (χ2v) is 12.0. The van der Waals surface area contributed by atoms with Gasteiger partial charge in [-0.25, -0.2) is 8.78 Å². The van der Waals surface area contributed by atoms with Crippen LogP contribution in [0, 0.1) is 5.82 Å². The van der Waals surface area contributed by atoms with E-state index in [0.717, 1.165) is 51.0 Å². The third-order valence-electron chi connectivity index (χ3n) is 9.03. The van der Waals surface area contributed by atoms with Crippen LogP contribution >= 0.6 is 0 Å². The summed E-state index contributed by atoms with van der Waals surface area (Å²) in [5.41, 5.74) is 1.53. The molecule has 0 aromatic carbocycles. The molecule has 3 aromatic heterocycles. The monoisotopic (exact) mass is 535 g/mol. The SMILES string of the molecule is CC(C)c1ncccc1-c1ncc2c(N3C[C@H]4CC[C@@H](C3)N4)nc(OC[C@@]34CCCN3C[C@H](F)C4)nc2c1F. The zero-order valence-electron chi connectivity index (χ0n) is 22.5. The molecule has 0 radical (unpaired) electrons. The first-order chi connectivity index (χ1) is 18.9. The molecule has 206 valence electrons. The Kier molecular flexibility index (Phi) is 6.15. The summed E-state index contributed by atoms with van der Waals surface area (Å²) >= 11 is 0. The van der Waals surface area contributed by atoms with E-state index in [1.165, 1.54) is 0 Å². The van der Waals surface area contributed by atoms with E-state index in [9.17, 15) is 4.39 Å². The van der Waals surface area contributed by atoms with Gasteiger partial charge < -0.3 is 15.0 Å². The fourth-order valence-electron chi connectivity index (χ4n) is 7.21. The van der Waals surface area contributed by atoms with E-state index in [0.29, 0.717) is 48.4 Å². The summed E-state index contributed by atoms with van der Waals surface area (Å²) in [7, 11) is 0. The van der Waals surface area contributed by atoms with Crippen LogP contribution in [0.5, 0.6) is 6.01 Å². The molecule has 4 fully saturated rings. The minimum absolute atomic E-state index is 0.105. The Bertz CT molecular complexity index is 1390. The van der Waals surface area contributed by atoms with Crippen molar-refractivity contribution < 1.29 is 13.5 Å². The Morgan fingerprint density at radius 3 is 2.77 bits per heavy atom. The van der Waals surface area contributed by atoms with Gasteiger partial charge in [0.15, 0.2) is 5.82 Å². The Labute approximate surface area is 227 Å². The average molecular weight is 536 g/mol. The number of nitrogens with zero attached hydrogens (tertiary/aromatic N) is 6. The lowest BCUT2D eigenvalue weighted by Crippen LogP contribution is -2.51. The van der Waals surface area contributed by atoms with Crippen molar-refractivity contribution in [3.05, 3.63) is 36.0 Å². The molecule has 2 bridgehead atoms. The van der Waals surface area contributed by atoms with Gasteiger partial charge in [-0.15, -0.1) is 0 Å². The number of pyridine rings is 2. The Morgan fingerprint density at radius 1 is 1.15 bits per heavy atom. The number of fused-ring (bicyclic) bond motifs is 4. The molecule has 4 atom stereocenters. The maximum atomic E-state index is 16.4. The van der Waals surface area contributed by atoms with Crippen molar-refractivity contribution in [2.75, 3.05) is 37.7 Å². The third-order valence-corrected chi connectivity index (χ3v) is 9.03. The maximum Gasteiger partial charge on any atom is 0.319 e. The van der Waals surface area contributed by atoms with Gasteiger partial charge in [-0.1, -0.05) is 13.8 Å². The van der Waals surface area contributed by atoms with Crippen LogP contribution in [0.1, 0.15) is 57.6 Å². The third kappa shape index (κ3) is 4.32. The summed E-state index contributed by atoms with van der Waals surface area (Å²) in [6, 6.07) is 4.55. The van der Waals surface area contributed by atoms with Crippen LogP contribution in [0.3, 0.4) is 0 Å². The highest BCUT2D eigenvalue weighted by Gasteiger charge is 2.49. The normalized spacial score (nSPS) is 28.5. The van der Waals surface area contributed by atoms with Gasteiger partial charge >= 0.3 is 6.01 Å². The molecule has 8 nitrogen and oxygen atoms in total. The smallest absolute Gasteiger partial charge is 0.319 e. The van der Waals surface area contributed by atoms with Crippen LogP contribution in [-0.4, -0.2) is 81.4 Å². The lowest BCUT2D eigenvalue weighted by atomic mass is 9.95. The van der Waals surface area contributed by atoms with Crippen LogP contribution in [0.2, 0.25) is 0 Å². The second kappa shape index (κ2) is 9.59. The average Bonchev–Trinajstić information content (AvgIpc) is 3.58. The van der Waals surface area contributed by atoms with Crippen molar-refractivity contribution in [1.82, 2.24) is 30.2 Å². The summed E-state index contributed by atoms with van der Waals surface area (Å²) in [4.78, 5) is 23.0. The highest BCUT2D eigenvalue weighted by molar-refractivity contribution is 5.92. The molecule has 7 rings (SSSR count). The van der Waals surface area contributed by atoms with Crippen molar-refractivity contribution in [1.29, 1.82) is 0 Å². The molecule has 4 aliphatic heterocycles. The standard InChI is InChI=1S/C29H35F2N7O/c1-17(2)24-21(5-3-9-32-24)25-23(31)26-22(12-33-25)27(37-14-19-6-7-20(15-37)34-19)36-28(35-26)39-16-29-8-4-10-38(29)13-18(30)11-29/h3,5,9,12,17-20,34H,4,6-8,10-11,13-16H2,1-2H3/t18-,19-,20+,29+/m1/s1. The Morgan fingerprint density at radius 2 is 1.97 bits per heavy atom. The van der Waals surface area contributed by atoms with Gasteiger partial charge in [0, 0.05) is 56.1 Å². The van der Waals surface area contributed by atoms with E-state index in [1.54, 1.807) is 18.5 Å². The van der Waals surface area contributed by atoms with Gasteiger partial charge in [0.25, 0.3) is 0 Å². The number of rotatable bonds is 6. The molecule has 1 N–H and O–H groups in total. The predicted octanol–water partition coefficient (Wildman–Crippen LogP) is 4.25. The zero-order valence-corrected chi connectivity index (χ0v) is 22.5. The number of hydrogen-bond donors (Lipinski definition) is 1. The number of anilines is 1. The van der Waals surface area contributed by atoms with Crippen LogP contribution in [0.4, 0.5) is 14.6 Å². The minimum Gasteiger partial charge on any atom is -0.461 e. The van der Waals surface area contributed by atoms with Crippen molar-refractivity contribution in [2.24, 2.45) is 0 Å². The maximum absolute atomic E-state index is 16.4. The van der Waals surface area contributed by atoms with Crippen LogP contribution in [-0.2, 0) is 0 Å². The number of ether oxygens (including phenoxy) is 1. The molecule has 4 aliphatic rings. The van der Waals surface area contributed by atoms with Crippen molar-refractivity contribution in [3.8, 4) is 17.3 Å². The Balaban J connectivity index is 1.31. The molecule has 0 amide bonds. The van der Waals surface area contributed by atoms with E-state index >= 15 is 4.39 Å². The second-order valence-electron chi connectivity index (χ2n) is 12.0. The lowest BCUT2D eigenvalue weighted by Gasteiger charge is -2.34. The van der Waals surface area contributed by atoms with Gasteiger partial charge in [-0.05, 0) is 50.3 Å².